The lowest BCUT2D eigenvalue weighted by molar-refractivity contribution is 0.243. The minimum atomic E-state index is 0.803. The number of fused-ring (bicyclic) bond motifs is 2. The molecule has 0 saturated heterocycles. The molecule has 0 bridgehead atoms. The van der Waals surface area contributed by atoms with Crippen molar-refractivity contribution < 1.29 is 9.47 Å². The minimum Gasteiger partial charge on any atom is -0.497 e. The van der Waals surface area contributed by atoms with Crippen LogP contribution < -0.4 is 9.47 Å². The normalized spacial score (nSPS) is 13.9. The van der Waals surface area contributed by atoms with E-state index in [0.717, 1.165) is 65.4 Å². The number of nitrogens with zero attached hydrogens (tertiary/aromatic N) is 5. The Morgan fingerprint density at radius 1 is 0.968 bits per heavy atom. The standard InChI is InChI=1S/C24H25N5O2/c1-28-14-20(12-26-28)18-8-17-9-19-15-29(5-4-23(19)27-24(17)25-11-18)13-16-6-21(30-2)10-22(7-16)31-3/h6-12,14H,4-5,13,15H2,1-3H3. The summed E-state index contributed by atoms with van der Waals surface area (Å²) in [6.07, 6.45) is 6.65. The third kappa shape index (κ3) is 3.96. The highest BCUT2D eigenvalue weighted by Gasteiger charge is 2.19. The molecule has 7 heteroatoms. The summed E-state index contributed by atoms with van der Waals surface area (Å²) in [4.78, 5) is 11.9. The molecule has 7 nitrogen and oxygen atoms in total. The van der Waals surface area contributed by atoms with Gasteiger partial charge in [-0.05, 0) is 35.4 Å². The molecule has 158 valence electrons. The zero-order valence-electron chi connectivity index (χ0n) is 18.0. The van der Waals surface area contributed by atoms with Crippen LogP contribution in [0.15, 0.2) is 48.9 Å². The fourth-order valence-corrected chi connectivity index (χ4v) is 4.16. The quantitative estimate of drug-likeness (QED) is 0.496. The Morgan fingerprint density at radius 3 is 2.48 bits per heavy atom. The van der Waals surface area contributed by atoms with E-state index in [9.17, 15) is 0 Å². The number of hydrogen-bond donors (Lipinski definition) is 0. The summed E-state index contributed by atoms with van der Waals surface area (Å²) < 4.78 is 12.6. The Bertz CT molecular complexity index is 1230. The summed E-state index contributed by atoms with van der Waals surface area (Å²) in [5.41, 5.74) is 6.50. The predicted molar refractivity (Wildman–Crippen MR) is 119 cm³/mol. The number of hydrogen-bond acceptors (Lipinski definition) is 6. The van der Waals surface area contributed by atoms with Gasteiger partial charge in [0, 0.05) is 73.8 Å². The van der Waals surface area contributed by atoms with E-state index in [4.69, 9.17) is 14.5 Å². The highest BCUT2D eigenvalue weighted by Crippen LogP contribution is 2.28. The van der Waals surface area contributed by atoms with Gasteiger partial charge in [0.2, 0.25) is 0 Å². The number of aryl methyl sites for hydroxylation is 1. The largest absolute Gasteiger partial charge is 0.497 e. The number of ether oxygens (including phenoxy) is 2. The minimum absolute atomic E-state index is 0.803. The number of rotatable bonds is 5. The lowest BCUT2D eigenvalue weighted by atomic mass is 10.0. The fourth-order valence-electron chi connectivity index (χ4n) is 4.16. The zero-order valence-corrected chi connectivity index (χ0v) is 18.0. The molecule has 5 rings (SSSR count). The van der Waals surface area contributed by atoms with Crippen molar-refractivity contribution in [3.63, 3.8) is 0 Å². The molecule has 0 radical (unpaired) electrons. The molecule has 0 aliphatic carbocycles. The number of benzene rings is 1. The maximum atomic E-state index is 5.42. The van der Waals surface area contributed by atoms with E-state index in [-0.39, 0.29) is 0 Å². The number of methoxy groups -OCH3 is 2. The summed E-state index contributed by atoms with van der Waals surface area (Å²) in [6, 6.07) is 10.4. The summed E-state index contributed by atoms with van der Waals surface area (Å²) in [6.45, 7) is 2.65. The molecule has 4 heterocycles. The molecule has 0 unspecified atom stereocenters. The van der Waals surface area contributed by atoms with Crippen molar-refractivity contribution in [1.29, 1.82) is 0 Å². The van der Waals surface area contributed by atoms with Gasteiger partial charge in [0.1, 0.15) is 11.5 Å². The van der Waals surface area contributed by atoms with Gasteiger partial charge in [0.05, 0.1) is 20.4 Å². The molecule has 4 aromatic rings. The molecule has 1 aliphatic heterocycles. The zero-order chi connectivity index (χ0) is 21.4. The van der Waals surface area contributed by atoms with E-state index in [0.29, 0.717) is 0 Å². The number of pyridine rings is 2. The average Bonchev–Trinajstić information content (AvgIpc) is 3.23. The van der Waals surface area contributed by atoms with Crippen LogP contribution in [-0.2, 0) is 26.6 Å². The molecule has 1 aromatic carbocycles. The SMILES string of the molecule is COc1cc(CN2CCc3nc4ncc(-c5cnn(C)c5)cc4cc3C2)cc(OC)c1. The summed E-state index contributed by atoms with van der Waals surface area (Å²) >= 11 is 0. The highest BCUT2D eigenvalue weighted by atomic mass is 16.5. The lowest BCUT2D eigenvalue weighted by Crippen LogP contribution is -2.30. The van der Waals surface area contributed by atoms with E-state index in [1.165, 1.54) is 11.1 Å². The van der Waals surface area contributed by atoms with Crippen LogP contribution in [0.5, 0.6) is 11.5 Å². The van der Waals surface area contributed by atoms with Gasteiger partial charge in [-0.1, -0.05) is 0 Å². The first kappa shape index (κ1) is 19.5. The summed E-state index contributed by atoms with van der Waals surface area (Å²) in [7, 11) is 5.28. The molecule has 0 spiro atoms. The maximum absolute atomic E-state index is 5.42. The van der Waals surface area contributed by atoms with Crippen molar-refractivity contribution in [1.82, 2.24) is 24.6 Å². The lowest BCUT2D eigenvalue weighted by Gasteiger charge is -2.28. The molecule has 0 N–H and O–H groups in total. The second kappa shape index (κ2) is 8.00. The Balaban J connectivity index is 1.41. The highest BCUT2D eigenvalue weighted by molar-refractivity contribution is 5.81. The average molecular weight is 415 g/mol. The van der Waals surface area contributed by atoms with Gasteiger partial charge in [-0.2, -0.15) is 5.10 Å². The van der Waals surface area contributed by atoms with Crippen LogP contribution in [0.3, 0.4) is 0 Å². The molecule has 0 amide bonds. The van der Waals surface area contributed by atoms with Crippen molar-refractivity contribution in [2.75, 3.05) is 20.8 Å². The predicted octanol–water partition coefficient (Wildman–Crippen LogP) is 3.61. The first-order valence-corrected chi connectivity index (χ1v) is 10.3. The molecule has 3 aromatic heterocycles. The van der Waals surface area contributed by atoms with Gasteiger partial charge in [-0.3, -0.25) is 9.58 Å². The van der Waals surface area contributed by atoms with E-state index >= 15 is 0 Å². The van der Waals surface area contributed by atoms with Crippen LogP contribution in [-0.4, -0.2) is 45.4 Å². The summed E-state index contributed by atoms with van der Waals surface area (Å²) in [5, 5.41) is 5.33. The Kier molecular flexibility index (Phi) is 5.03. The van der Waals surface area contributed by atoms with Crippen LogP contribution in [0.25, 0.3) is 22.2 Å². The smallest absolute Gasteiger partial charge is 0.159 e. The molecule has 0 atom stereocenters. The van der Waals surface area contributed by atoms with Crippen LogP contribution >= 0.6 is 0 Å². The third-order valence-electron chi connectivity index (χ3n) is 5.75. The van der Waals surface area contributed by atoms with E-state index < -0.39 is 0 Å². The monoisotopic (exact) mass is 415 g/mol. The van der Waals surface area contributed by atoms with Crippen LogP contribution in [0.2, 0.25) is 0 Å². The van der Waals surface area contributed by atoms with Gasteiger partial charge in [0.15, 0.2) is 5.65 Å². The van der Waals surface area contributed by atoms with E-state index in [1.54, 1.807) is 18.9 Å². The Labute approximate surface area is 181 Å². The van der Waals surface area contributed by atoms with Crippen molar-refractivity contribution in [3.05, 3.63) is 65.7 Å². The van der Waals surface area contributed by atoms with E-state index in [2.05, 4.69) is 39.2 Å². The van der Waals surface area contributed by atoms with Crippen LogP contribution in [0, 0.1) is 0 Å². The number of aromatic nitrogens is 4. The second-order valence-electron chi connectivity index (χ2n) is 7.95. The molecule has 31 heavy (non-hydrogen) atoms. The fraction of sp³-hybridized carbons (Fsp3) is 0.292. The van der Waals surface area contributed by atoms with Crippen molar-refractivity contribution in [3.8, 4) is 22.6 Å². The van der Waals surface area contributed by atoms with Crippen molar-refractivity contribution in [2.45, 2.75) is 19.5 Å². The van der Waals surface area contributed by atoms with Gasteiger partial charge >= 0.3 is 0 Å². The maximum Gasteiger partial charge on any atom is 0.159 e. The van der Waals surface area contributed by atoms with Gasteiger partial charge in [0.25, 0.3) is 0 Å². The molecular weight excluding hydrogens is 390 g/mol. The first-order valence-electron chi connectivity index (χ1n) is 10.3. The van der Waals surface area contributed by atoms with Crippen LogP contribution in [0.4, 0.5) is 0 Å². The Hall–Kier alpha value is -3.45. The van der Waals surface area contributed by atoms with Crippen LogP contribution in [0.1, 0.15) is 16.8 Å². The molecule has 0 fully saturated rings. The topological polar surface area (TPSA) is 65.3 Å². The van der Waals surface area contributed by atoms with Gasteiger partial charge in [-0.25, -0.2) is 9.97 Å². The van der Waals surface area contributed by atoms with E-state index in [1.807, 2.05) is 31.7 Å². The van der Waals surface area contributed by atoms with Crippen molar-refractivity contribution in [2.24, 2.45) is 7.05 Å². The molecular formula is C24H25N5O2. The second-order valence-corrected chi connectivity index (χ2v) is 7.95. The van der Waals surface area contributed by atoms with Gasteiger partial charge < -0.3 is 9.47 Å². The third-order valence-corrected chi connectivity index (χ3v) is 5.75. The molecule has 1 aliphatic rings. The van der Waals surface area contributed by atoms with Gasteiger partial charge in [-0.15, -0.1) is 0 Å². The summed E-state index contributed by atoms with van der Waals surface area (Å²) in [5.74, 6) is 1.63. The Morgan fingerprint density at radius 2 is 1.77 bits per heavy atom. The molecule has 0 saturated carbocycles. The first-order chi connectivity index (χ1) is 15.1. The van der Waals surface area contributed by atoms with Crippen molar-refractivity contribution >= 4 is 11.0 Å².